The van der Waals surface area contributed by atoms with Gasteiger partial charge in [0.15, 0.2) is 11.5 Å². The van der Waals surface area contributed by atoms with Gasteiger partial charge in [0.2, 0.25) is 0 Å². The molecule has 0 spiro atoms. The molecule has 1 N–H and O–H groups in total. The van der Waals surface area contributed by atoms with Crippen molar-refractivity contribution >= 4 is 46.3 Å². The van der Waals surface area contributed by atoms with E-state index in [2.05, 4.69) is 13.8 Å². The quantitative estimate of drug-likeness (QED) is 0.153. The number of nitrogens with zero attached hydrogens (tertiary/aromatic N) is 1. The fraction of sp³-hybridized carbons (Fsp3) is 0.593. The maximum Gasteiger partial charge on any atom is 0.326 e. The van der Waals surface area contributed by atoms with Crippen LogP contribution in [0.1, 0.15) is 85.1 Å². The molecule has 0 bridgehead atoms. The highest BCUT2D eigenvalue weighted by molar-refractivity contribution is 8.26. The van der Waals surface area contributed by atoms with E-state index in [-0.39, 0.29) is 22.2 Å². The zero-order valence-corrected chi connectivity index (χ0v) is 23.2. The van der Waals surface area contributed by atoms with Crippen LogP contribution in [0.15, 0.2) is 23.1 Å². The van der Waals surface area contributed by atoms with Crippen molar-refractivity contribution in [2.24, 2.45) is 5.92 Å². The Morgan fingerprint density at radius 2 is 1.86 bits per heavy atom. The fourth-order valence-electron chi connectivity index (χ4n) is 3.95. The molecule has 2 atom stereocenters. The lowest BCUT2D eigenvalue weighted by atomic mass is 10.0. The molecule has 6 nitrogen and oxygen atoms in total. The Hall–Kier alpha value is -2.06. The van der Waals surface area contributed by atoms with Crippen LogP contribution in [0.5, 0.6) is 11.5 Å². The van der Waals surface area contributed by atoms with Crippen molar-refractivity contribution in [3.63, 3.8) is 0 Å². The zero-order chi connectivity index (χ0) is 26.0. The first-order chi connectivity index (χ1) is 16.7. The summed E-state index contributed by atoms with van der Waals surface area (Å²) in [5.74, 6) is 0.00178. The van der Waals surface area contributed by atoms with E-state index in [4.69, 9.17) is 21.7 Å². The molecule has 1 saturated heterocycles. The van der Waals surface area contributed by atoms with Gasteiger partial charge in [-0.2, -0.15) is 0 Å². The Morgan fingerprint density at radius 3 is 2.49 bits per heavy atom. The average Bonchev–Trinajstić information content (AvgIpc) is 3.06. The highest BCUT2D eigenvalue weighted by atomic mass is 32.2. The number of amides is 1. The third-order valence-electron chi connectivity index (χ3n) is 5.72. The number of ether oxygens (including phenoxy) is 2. The highest BCUT2D eigenvalue weighted by Gasteiger charge is 2.40. The molecule has 35 heavy (non-hydrogen) atoms. The van der Waals surface area contributed by atoms with Crippen LogP contribution in [-0.2, 0) is 9.59 Å². The summed E-state index contributed by atoms with van der Waals surface area (Å²) in [5, 5.41) is 9.67. The van der Waals surface area contributed by atoms with Crippen LogP contribution in [-0.4, -0.2) is 45.0 Å². The minimum absolute atomic E-state index is 0.0758. The van der Waals surface area contributed by atoms with Crippen LogP contribution in [0.2, 0.25) is 0 Å². The van der Waals surface area contributed by atoms with Crippen molar-refractivity contribution in [2.75, 3.05) is 6.61 Å². The van der Waals surface area contributed by atoms with Crippen LogP contribution < -0.4 is 9.47 Å². The van der Waals surface area contributed by atoms with Crippen LogP contribution in [0, 0.1) is 5.92 Å². The summed E-state index contributed by atoms with van der Waals surface area (Å²) < 4.78 is 12.3. The number of thioether (sulfide) groups is 1. The van der Waals surface area contributed by atoms with Crippen molar-refractivity contribution in [2.45, 2.75) is 91.7 Å². The zero-order valence-electron chi connectivity index (χ0n) is 21.5. The Balaban J connectivity index is 2.15. The molecular weight excluding hydrogens is 482 g/mol. The molecule has 1 fully saturated rings. The van der Waals surface area contributed by atoms with Gasteiger partial charge in [-0.3, -0.25) is 9.69 Å². The maximum atomic E-state index is 13.1. The summed E-state index contributed by atoms with van der Waals surface area (Å²) in [6.07, 6.45) is 9.27. The predicted molar refractivity (Wildman–Crippen MR) is 147 cm³/mol. The summed E-state index contributed by atoms with van der Waals surface area (Å²) in [6, 6.07) is 4.62. The van der Waals surface area contributed by atoms with Gasteiger partial charge in [0.05, 0.1) is 17.6 Å². The molecule has 1 aliphatic rings. The third kappa shape index (κ3) is 8.83. The van der Waals surface area contributed by atoms with Gasteiger partial charge < -0.3 is 14.6 Å². The average molecular weight is 522 g/mol. The van der Waals surface area contributed by atoms with E-state index < -0.39 is 12.0 Å². The standard InChI is InChI=1S/C27H39NO5S2/c1-6-8-9-10-11-12-19(5)33-22-14-13-20(16-23(22)32-7-2)17-24-25(29)28(27(34)35-24)21(26(30)31)15-18(3)4/h13-14,16-19,21H,6-12,15H2,1-5H3,(H,30,31)/b24-17+/t19-,21-/m0/s1. The molecule has 2 rings (SSSR count). The lowest BCUT2D eigenvalue weighted by Gasteiger charge is -2.24. The van der Waals surface area contributed by atoms with Crippen LogP contribution in [0.4, 0.5) is 0 Å². The SMILES string of the molecule is CCCCCCC[C@H](C)Oc1ccc(/C=C2/SC(=S)N([C@@H](CC(C)C)C(=O)O)C2=O)cc1OCC. The number of carboxylic acid groups (broad SMARTS) is 1. The number of carboxylic acids is 1. The molecular formula is C27H39NO5S2. The first-order valence-electron chi connectivity index (χ1n) is 12.6. The number of hydrogen-bond donors (Lipinski definition) is 1. The Morgan fingerprint density at radius 1 is 1.14 bits per heavy atom. The summed E-state index contributed by atoms with van der Waals surface area (Å²) in [5.41, 5.74) is 0.768. The predicted octanol–water partition coefficient (Wildman–Crippen LogP) is 6.91. The molecule has 0 unspecified atom stereocenters. The van der Waals surface area contributed by atoms with Gasteiger partial charge in [0.25, 0.3) is 5.91 Å². The molecule has 0 radical (unpaired) electrons. The second-order valence-electron chi connectivity index (χ2n) is 9.31. The van der Waals surface area contributed by atoms with E-state index in [9.17, 15) is 14.7 Å². The normalized spacial score (nSPS) is 16.7. The van der Waals surface area contributed by atoms with Crippen molar-refractivity contribution in [1.29, 1.82) is 0 Å². The number of aliphatic carboxylic acids is 1. The number of unbranched alkanes of at least 4 members (excludes halogenated alkanes) is 4. The van der Waals surface area contributed by atoms with E-state index >= 15 is 0 Å². The van der Waals surface area contributed by atoms with Gasteiger partial charge in [-0.05, 0) is 62.8 Å². The maximum absolute atomic E-state index is 13.1. The van der Waals surface area contributed by atoms with Crippen molar-refractivity contribution < 1.29 is 24.2 Å². The molecule has 0 aromatic heterocycles. The highest BCUT2D eigenvalue weighted by Crippen LogP contribution is 2.37. The minimum Gasteiger partial charge on any atom is -0.490 e. The molecule has 8 heteroatoms. The Labute approximate surface area is 219 Å². The van der Waals surface area contributed by atoms with Crippen molar-refractivity contribution in [3.05, 3.63) is 28.7 Å². The second-order valence-corrected chi connectivity index (χ2v) is 11.0. The summed E-state index contributed by atoms with van der Waals surface area (Å²) in [4.78, 5) is 26.5. The molecule has 0 saturated carbocycles. The summed E-state index contributed by atoms with van der Waals surface area (Å²) in [6.45, 7) is 10.5. The van der Waals surface area contributed by atoms with E-state index in [1.165, 1.54) is 30.6 Å². The Bertz CT molecular complexity index is 915. The summed E-state index contributed by atoms with van der Waals surface area (Å²) >= 11 is 6.50. The van der Waals surface area contributed by atoms with E-state index in [0.29, 0.717) is 29.4 Å². The molecule has 1 aliphatic heterocycles. The van der Waals surface area contributed by atoms with E-state index in [1.807, 2.05) is 39.0 Å². The van der Waals surface area contributed by atoms with Gasteiger partial charge in [0.1, 0.15) is 10.4 Å². The number of hydrogen-bond acceptors (Lipinski definition) is 6. The molecule has 1 aromatic rings. The fourth-order valence-corrected chi connectivity index (χ4v) is 5.31. The van der Waals surface area contributed by atoms with Gasteiger partial charge >= 0.3 is 5.97 Å². The monoisotopic (exact) mass is 521 g/mol. The number of rotatable bonds is 15. The number of thiocarbonyl (C=S) groups is 1. The topological polar surface area (TPSA) is 76.1 Å². The van der Waals surface area contributed by atoms with Crippen LogP contribution in [0.25, 0.3) is 6.08 Å². The van der Waals surface area contributed by atoms with Crippen LogP contribution in [0.3, 0.4) is 0 Å². The van der Waals surface area contributed by atoms with Crippen LogP contribution >= 0.6 is 24.0 Å². The van der Waals surface area contributed by atoms with Gasteiger partial charge in [-0.25, -0.2) is 4.79 Å². The van der Waals surface area contributed by atoms with Gasteiger partial charge in [0, 0.05) is 0 Å². The first kappa shape index (κ1) is 29.2. The molecule has 1 amide bonds. The minimum atomic E-state index is -1.05. The smallest absolute Gasteiger partial charge is 0.326 e. The first-order valence-corrected chi connectivity index (χ1v) is 13.8. The van der Waals surface area contributed by atoms with Gasteiger partial charge in [-0.1, -0.05) is 76.5 Å². The van der Waals surface area contributed by atoms with E-state index in [0.717, 1.165) is 30.2 Å². The largest absolute Gasteiger partial charge is 0.490 e. The molecule has 0 aliphatic carbocycles. The molecule has 1 aromatic carbocycles. The van der Waals surface area contributed by atoms with Gasteiger partial charge in [-0.15, -0.1) is 0 Å². The van der Waals surface area contributed by atoms with E-state index in [1.54, 1.807) is 6.08 Å². The molecule has 1 heterocycles. The van der Waals surface area contributed by atoms with Crippen molar-refractivity contribution in [1.82, 2.24) is 4.90 Å². The van der Waals surface area contributed by atoms with Crippen molar-refractivity contribution in [3.8, 4) is 11.5 Å². The number of carbonyl (C=O) groups excluding carboxylic acids is 1. The third-order valence-corrected chi connectivity index (χ3v) is 7.05. The number of carbonyl (C=O) groups is 2. The lowest BCUT2D eigenvalue weighted by Crippen LogP contribution is -2.44. The second kappa shape index (κ2) is 14.5. The summed E-state index contributed by atoms with van der Waals surface area (Å²) in [7, 11) is 0. The lowest BCUT2D eigenvalue weighted by molar-refractivity contribution is -0.145. The molecule has 194 valence electrons. The number of benzene rings is 1. The Kier molecular flexibility index (Phi) is 12.1.